The summed E-state index contributed by atoms with van der Waals surface area (Å²) < 4.78 is 10.0. The van der Waals surface area contributed by atoms with Crippen molar-refractivity contribution in [3.05, 3.63) is 99.5 Å². The molecule has 0 aliphatic rings. The zero-order valence-corrected chi connectivity index (χ0v) is 21.8. The number of benzene rings is 3. The Morgan fingerprint density at radius 1 is 0.889 bits per heavy atom. The van der Waals surface area contributed by atoms with Gasteiger partial charge in [0.1, 0.15) is 5.75 Å². The van der Waals surface area contributed by atoms with Crippen LogP contribution in [0, 0.1) is 0 Å². The normalized spacial score (nSPS) is 13.8. The summed E-state index contributed by atoms with van der Waals surface area (Å²) in [5.74, 6) is 0.126. The average molecular weight is 532 g/mol. The number of methoxy groups -OCH3 is 1. The summed E-state index contributed by atoms with van der Waals surface area (Å²) in [6.45, 7) is 2.51. The predicted octanol–water partition coefficient (Wildman–Crippen LogP) is 5.25. The number of nitrogens with zero attached hydrogens (tertiary/aromatic N) is 1. The molecule has 0 saturated heterocycles. The molecule has 3 rings (SSSR count). The van der Waals surface area contributed by atoms with Crippen molar-refractivity contribution < 1.29 is 24.5 Å². The lowest BCUT2D eigenvalue weighted by Gasteiger charge is -2.33. The smallest absolute Gasteiger partial charge is 0.343 e. The molecule has 3 unspecified atom stereocenters. The molecule has 0 spiro atoms. The Morgan fingerprint density at radius 3 is 1.89 bits per heavy atom. The van der Waals surface area contributed by atoms with Gasteiger partial charge in [-0.25, -0.2) is 4.79 Å². The van der Waals surface area contributed by atoms with E-state index in [0.29, 0.717) is 46.4 Å². The topological polar surface area (TPSA) is 79.2 Å². The molecule has 0 aliphatic heterocycles. The van der Waals surface area contributed by atoms with Gasteiger partial charge in [-0.05, 0) is 66.4 Å². The predicted molar refractivity (Wildman–Crippen MR) is 142 cm³/mol. The first-order chi connectivity index (χ1) is 17.2. The largest absolute Gasteiger partial charge is 0.482 e. The average Bonchev–Trinajstić information content (AvgIpc) is 2.87. The third-order valence-corrected chi connectivity index (χ3v) is 6.41. The highest BCUT2D eigenvalue weighted by Crippen LogP contribution is 2.24. The second-order valence-corrected chi connectivity index (χ2v) is 9.53. The molecule has 0 aromatic heterocycles. The highest BCUT2D eigenvalue weighted by molar-refractivity contribution is 6.30. The van der Waals surface area contributed by atoms with Crippen LogP contribution in [0.3, 0.4) is 0 Å². The van der Waals surface area contributed by atoms with Gasteiger partial charge in [-0.1, -0.05) is 59.6 Å². The number of hydrogen-bond acceptors (Lipinski definition) is 6. The molecule has 0 radical (unpaired) electrons. The summed E-state index contributed by atoms with van der Waals surface area (Å²) in [5.41, 5.74) is 2.47. The van der Waals surface area contributed by atoms with Crippen LogP contribution in [0.1, 0.15) is 35.8 Å². The maximum Gasteiger partial charge on any atom is 0.343 e. The minimum Gasteiger partial charge on any atom is -0.482 e. The number of carbonyl (C=O) groups is 1. The van der Waals surface area contributed by atoms with Crippen LogP contribution in [0.25, 0.3) is 0 Å². The minimum atomic E-state index is -0.785. The summed E-state index contributed by atoms with van der Waals surface area (Å²) in [6.07, 6.45) is -0.902. The standard InChI is InChI=1S/C28H31Cl2NO5/c1-19(13-20-9-11-25(12-10-20)36-18-28(34)35-2)31(16-26(32)21-5-3-7-23(29)14-21)17-27(33)22-6-4-8-24(30)15-22/h3-12,14-15,19,26-27,32-33H,13,16-18H2,1-2H3. The minimum absolute atomic E-state index is 0.0190. The van der Waals surface area contributed by atoms with E-state index < -0.39 is 18.2 Å². The Bertz CT molecular complexity index is 1070. The van der Waals surface area contributed by atoms with Crippen molar-refractivity contribution >= 4 is 29.2 Å². The van der Waals surface area contributed by atoms with Crippen LogP contribution in [0.5, 0.6) is 5.75 Å². The van der Waals surface area contributed by atoms with E-state index in [1.54, 1.807) is 48.5 Å². The fraction of sp³-hybridized carbons (Fsp3) is 0.321. The molecule has 3 aromatic carbocycles. The van der Waals surface area contributed by atoms with E-state index in [1.807, 2.05) is 24.3 Å². The van der Waals surface area contributed by atoms with E-state index in [4.69, 9.17) is 27.9 Å². The molecule has 0 bridgehead atoms. The maximum atomic E-state index is 11.3. The van der Waals surface area contributed by atoms with E-state index >= 15 is 0 Å². The van der Waals surface area contributed by atoms with Crippen LogP contribution in [0.15, 0.2) is 72.8 Å². The summed E-state index contributed by atoms with van der Waals surface area (Å²) >= 11 is 12.2. The van der Waals surface area contributed by atoms with E-state index in [9.17, 15) is 15.0 Å². The summed E-state index contributed by atoms with van der Waals surface area (Å²) in [5, 5.41) is 23.0. The highest BCUT2D eigenvalue weighted by atomic mass is 35.5. The van der Waals surface area contributed by atoms with Crippen molar-refractivity contribution in [2.75, 3.05) is 26.8 Å². The fourth-order valence-corrected chi connectivity index (χ4v) is 4.31. The number of ether oxygens (including phenoxy) is 2. The van der Waals surface area contributed by atoms with E-state index in [1.165, 1.54) is 7.11 Å². The van der Waals surface area contributed by atoms with Gasteiger partial charge < -0.3 is 19.7 Å². The molecule has 0 aliphatic carbocycles. The van der Waals surface area contributed by atoms with Gasteiger partial charge in [-0.3, -0.25) is 4.90 Å². The van der Waals surface area contributed by atoms with E-state index in [2.05, 4.69) is 16.6 Å². The Hall–Kier alpha value is -2.61. The van der Waals surface area contributed by atoms with Gasteiger partial charge in [0.05, 0.1) is 19.3 Å². The fourth-order valence-electron chi connectivity index (χ4n) is 3.91. The monoisotopic (exact) mass is 531 g/mol. The number of aliphatic hydroxyl groups excluding tert-OH is 2. The van der Waals surface area contributed by atoms with Crippen molar-refractivity contribution in [3.63, 3.8) is 0 Å². The Morgan fingerprint density at radius 2 is 1.42 bits per heavy atom. The lowest BCUT2D eigenvalue weighted by atomic mass is 10.0. The first-order valence-corrected chi connectivity index (χ1v) is 12.4. The van der Waals surface area contributed by atoms with Crippen LogP contribution in [-0.2, 0) is 16.0 Å². The van der Waals surface area contributed by atoms with Gasteiger partial charge in [-0.2, -0.15) is 0 Å². The summed E-state index contributed by atoms with van der Waals surface area (Å²) in [4.78, 5) is 13.3. The van der Waals surface area contributed by atoms with Crippen LogP contribution in [-0.4, -0.2) is 53.9 Å². The number of halogens is 2. The molecule has 3 atom stereocenters. The van der Waals surface area contributed by atoms with Gasteiger partial charge in [-0.15, -0.1) is 0 Å². The molecule has 0 amide bonds. The molecule has 0 fully saturated rings. The Balaban J connectivity index is 1.73. The molecule has 8 heteroatoms. The first kappa shape index (κ1) is 28.0. The Labute approximate surface area is 222 Å². The summed E-state index contributed by atoms with van der Waals surface area (Å²) in [6, 6.07) is 21.7. The number of carbonyl (C=O) groups excluding carboxylic acids is 1. The van der Waals surface area contributed by atoms with Crippen LogP contribution in [0.2, 0.25) is 10.0 Å². The molecule has 192 valence electrons. The van der Waals surface area contributed by atoms with Crippen molar-refractivity contribution in [2.45, 2.75) is 31.6 Å². The molecular formula is C28H31Cl2NO5. The zero-order valence-electron chi connectivity index (χ0n) is 20.3. The third-order valence-electron chi connectivity index (χ3n) is 5.94. The molecule has 2 N–H and O–H groups in total. The highest BCUT2D eigenvalue weighted by Gasteiger charge is 2.23. The second-order valence-electron chi connectivity index (χ2n) is 8.66. The molecule has 0 heterocycles. The molecule has 36 heavy (non-hydrogen) atoms. The van der Waals surface area contributed by atoms with Gasteiger partial charge in [0, 0.05) is 29.2 Å². The summed E-state index contributed by atoms with van der Waals surface area (Å²) in [7, 11) is 1.31. The molecule has 0 saturated carbocycles. The van der Waals surface area contributed by atoms with E-state index in [-0.39, 0.29) is 12.6 Å². The second kappa shape index (κ2) is 13.6. The first-order valence-electron chi connectivity index (χ1n) is 11.6. The quantitative estimate of drug-likeness (QED) is 0.311. The van der Waals surface area contributed by atoms with Crippen LogP contribution in [0.4, 0.5) is 0 Å². The number of aliphatic hydroxyl groups is 2. The number of rotatable bonds is 12. The van der Waals surface area contributed by atoms with E-state index in [0.717, 1.165) is 5.56 Å². The van der Waals surface area contributed by atoms with Crippen LogP contribution >= 0.6 is 23.2 Å². The molecule has 6 nitrogen and oxygen atoms in total. The molecule has 3 aromatic rings. The van der Waals surface area contributed by atoms with Crippen molar-refractivity contribution in [1.29, 1.82) is 0 Å². The van der Waals surface area contributed by atoms with Gasteiger partial charge in [0.25, 0.3) is 0 Å². The van der Waals surface area contributed by atoms with Gasteiger partial charge in [0.2, 0.25) is 0 Å². The van der Waals surface area contributed by atoms with Crippen LogP contribution < -0.4 is 4.74 Å². The number of hydrogen-bond donors (Lipinski definition) is 2. The lowest BCUT2D eigenvalue weighted by Crippen LogP contribution is -2.40. The third kappa shape index (κ3) is 8.50. The molecular weight excluding hydrogens is 501 g/mol. The SMILES string of the molecule is COC(=O)COc1ccc(CC(C)N(CC(O)c2cccc(Cl)c2)CC(O)c2cccc(Cl)c2)cc1. The maximum absolute atomic E-state index is 11.3. The van der Waals surface area contributed by atoms with Crippen molar-refractivity contribution in [2.24, 2.45) is 0 Å². The zero-order chi connectivity index (χ0) is 26.1. The Kier molecular flexibility index (Phi) is 10.6. The van der Waals surface area contributed by atoms with Gasteiger partial charge in [0.15, 0.2) is 6.61 Å². The van der Waals surface area contributed by atoms with Crippen molar-refractivity contribution in [3.8, 4) is 5.75 Å². The van der Waals surface area contributed by atoms with Crippen molar-refractivity contribution in [1.82, 2.24) is 4.90 Å². The lowest BCUT2D eigenvalue weighted by molar-refractivity contribution is -0.142. The van der Waals surface area contributed by atoms with Gasteiger partial charge >= 0.3 is 5.97 Å². The number of esters is 1.